The normalized spacial score (nSPS) is 11.1. The van der Waals surface area contributed by atoms with Crippen LogP contribution in [0.2, 0.25) is 0 Å². The van der Waals surface area contributed by atoms with Crippen molar-refractivity contribution in [3.63, 3.8) is 0 Å². The lowest BCUT2D eigenvalue weighted by atomic mass is 10.1. The average molecular weight is 521 g/mol. The summed E-state index contributed by atoms with van der Waals surface area (Å²) in [5.74, 6) is -0.872. The highest BCUT2D eigenvalue weighted by Gasteiger charge is 2.19. The maximum absolute atomic E-state index is 13.4. The fourth-order valence-corrected chi connectivity index (χ4v) is 4.02. The van der Waals surface area contributed by atoms with Gasteiger partial charge >= 0.3 is 11.7 Å². The number of para-hydroxylation sites is 2. The van der Waals surface area contributed by atoms with Crippen molar-refractivity contribution in [2.24, 2.45) is 5.10 Å². The van der Waals surface area contributed by atoms with Crippen LogP contribution in [0.25, 0.3) is 22.3 Å². The number of carbonyl (C=O) groups is 1. The van der Waals surface area contributed by atoms with Crippen molar-refractivity contribution < 1.29 is 19.6 Å². The van der Waals surface area contributed by atoms with Gasteiger partial charge in [0.15, 0.2) is 5.82 Å². The van der Waals surface area contributed by atoms with E-state index in [1.807, 2.05) is 18.2 Å². The molecule has 1 N–H and O–H groups in total. The summed E-state index contributed by atoms with van der Waals surface area (Å²) in [4.78, 5) is 40.6. The Morgan fingerprint density at radius 2 is 1.74 bits per heavy atom. The first-order valence-corrected chi connectivity index (χ1v) is 11.8. The zero-order valence-electron chi connectivity index (χ0n) is 20.3. The molecule has 0 amide bonds. The molecule has 39 heavy (non-hydrogen) atoms. The lowest BCUT2D eigenvalue weighted by Crippen LogP contribution is -2.20. The van der Waals surface area contributed by atoms with Crippen molar-refractivity contribution in [2.75, 3.05) is 0 Å². The summed E-state index contributed by atoms with van der Waals surface area (Å²) in [6.07, 6.45) is 1.31. The van der Waals surface area contributed by atoms with E-state index < -0.39 is 16.5 Å². The van der Waals surface area contributed by atoms with Crippen LogP contribution >= 0.6 is 0 Å². The topological polar surface area (TPSA) is 137 Å². The number of ether oxygens (including phenoxy) is 1. The SMILES string of the molecule is O=C(O)c1cccc(COc2c(C=Nn3c(-c4ccccc4)nc4ccccc4c3=O)cccc2[N+](=O)[O-])c1. The molecule has 1 aromatic heterocycles. The Labute approximate surface area is 221 Å². The van der Waals surface area contributed by atoms with E-state index in [-0.39, 0.29) is 29.2 Å². The third kappa shape index (κ3) is 5.25. The van der Waals surface area contributed by atoms with Crippen molar-refractivity contribution >= 4 is 28.8 Å². The zero-order valence-corrected chi connectivity index (χ0v) is 20.3. The number of carboxylic acids is 1. The van der Waals surface area contributed by atoms with E-state index in [9.17, 15) is 24.8 Å². The van der Waals surface area contributed by atoms with Crippen molar-refractivity contribution in [1.82, 2.24) is 9.66 Å². The van der Waals surface area contributed by atoms with Crippen molar-refractivity contribution in [1.29, 1.82) is 0 Å². The minimum atomic E-state index is -1.10. The molecule has 0 aliphatic heterocycles. The van der Waals surface area contributed by atoms with Gasteiger partial charge < -0.3 is 9.84 Å². The van der Waals surface area contributed by atoms with Crippen LogP contribution in [-0.2, 0) is 6.61 Å². The zero-order chi connectivity index (χ0) is 27.4. The minimum absolute atomic E-state index is 0.0667. The van der Waals surface area contributed by atoms with E-state index in [1.54, 1.807) is 54.6 Å². The Morgan fingerprint density at radius 1 is 1.00 bits per heavy atom. The number of nitrogens with zero attached hydrogens (tertiary/aromatic N) is 4. The van der Waals surface area contributed by atoms with E-state index in [0.29, 0.717) is 27.9 Å². The number of nitro groups is 1. The van der Waals surface area contributed by atoms with Gasteiger partial charge in [-0.2, -0.15) is 9.78 Å². The first-order valence-electron chi connectivity index (χ1n) is 11.8. The summed E-state index contributed by atoms with van der Waals surface area (Å²) >= 11 is 0. The molecule has 5 aromatic rings. The predicted octanol–water partition coefficient (Wildman–Crippen LogP) is 5.13. The second-order valence-electron chi connectivity index (χ2n) is 8.43. The van der Waals surface area contributed by atoms with E-state index >= 15 is 0 Å². The fraction of sp³-hybridized carbons (Fsp3) is 0.0345. The molecule has 192 valence electrons. The van der Waals surface area contributed by atoms with Gasteiger partial charge in [0, 0.05) is 17.2 Å². The number of aromatic nitrogens is 2. The molecule has 0 spiro atoms. The van der Waals surface area contributed by atoms with Gasteiger partial charge in [0.1, 0.15) is 6.61 Å². The molecule has 0 aliphatic carbocycles. The molecule has 0 aliphatic rings. The van der Waals surface area contributed by atoms with Crippen molar-refractivity contribution in [2.45, 2.75) is 6.61 Å². The number of benzene rings is 4. The molecule has 5 rings (SSSR count). The largest absolute Gasteiger partial charge is 0.481 e. The summed E-state index contributed by atoms with van der Waals surface area (Å²) in [6, 6.07) is 26.4. The summed E-state index contributed by atoms with van der Waals surface area (Å²) in [6.45, 7) is -0.125. The van der Waals surface area contributed by atoms with E-state index in [2.05, 4.69) is 10.1 Å². The maximum atomic E-state index is 13.4. The molecule has 10 heteroatoms. The number of hydrogen-bond donors (Lipinski definition) is 1. The molecule has 0 bridgehead atoms. The Morgan fingerprint density at radius 3 is 2.51 bits per heavy atom. The predicted molar refractivity (Wildman–Crippen MR) is 145 cm³/mol. The number of fused-ring (bicyclic) bond motifs is 1. The summed E-state index contributed by atoms with van der Waals surface area (Å²) in [5.41, 5.74) is 1.28. The van der Waals surface area contributed by atoms with Crippen LogP contribution in [0.3, 0.4) is 0 Å². The third-order valence-electron chi connectivity index (χ3n) is 5.88. The number of aromatic carboxylic acids is 1. The standard InChI is InChI=1S/C29H20N4O6/c34-28-23-13-4-5-14-24(23)31-27(20-9-2-1-3-10-20)32(28)30-17-22-12-7-15-25(33(37)38)26(22)39-18-19-8-6-11-21(16-19)29(35)36/h1-17H,18H2,(H,35,36). The van der Waals surface area contributed by atoms with E-state index in [0.717, 1.165) is 4.68 Å². The number of carboxylic acid groups (broad SMARTS) is 1. The molecule has 0 saturated carbocycles. The van der Waals surface area contributed by atoms with Gasteiger partial charge in [0.25, 0.3) is 5.56 Å². The number of nitro benzene ring substituents is 1. The molecule has 10 nitrogen and oxygen atoms in total. The first kappa shape index (κ1) is 25.0. The number of rotatable bonds is 8. The average Bonchev–Trinajstić information content (AvgIpc) is 2.96. The summed E-state index contributed by atoms with van der Waals surface area (Å²) in [7, 11) is 0. The van der Waals surface area contributed by atoms with Gasteiger partial charge in [-0.25, -0.2) is 9.78 Å². The third-order valence-corrected chi connectivity index (χ3v) is 5.88. The Balaban J connectivity index is 1.59. The lowest BCUT2D eigenvalue weighted by Gasteiger charge is -2.11. The van der Waals surface area contributed by atoms with Crippen LogP contribution in [0, 0.1) is 10.1 Å². The lowest BCUT2D eigenvalue weighted by molar-refractivity contribution is -0.385. The molecular weight excluding hydrogens is 500 g/mol. The van der Waals surface area contributed by atoms with Gasteiger partial charge in [-0.05, 0) is 35.9 Å². The second kappa shape index (κ2) is 10.8. The van der Waals surface area contributed by atoms with Gasteiger partial charge in [-0.3, -0.25) is 14.9 Å². The van der Waals surface area contributed by atoms with Crippen molar-refractivity contribution in [3.05, 3.63) is 134 Å². The van der Waals surface area contributed by atoms with Crippen LogP contribution in [0.1, 0.15) is 21.5 Å². The molecule has 0 fully saturated rings. The molecule has 4 aromatic carbocycles. The quantitative estimate of drug-likeness (QED) is 0.170. The van der Waals surface area contributed by atoms with E-state index in [1.165, 1.54) is 30.5 Å². The Hall–Kier alpha value is -5.64. The monoisotopic (exact) mass is 520 g/mol. The maximum Gasteiger partial charge on any atom is 0.335 e. The number of hydrogen-bond acceptors (Lipinski definition) is 7. The summed E-state index contributed by atoms with van der Waals surface area (Å²) in [5, 5.41) is 25.8. The molecule has 0 radical (unpaired) electrons. The van der Waals surface area contributed by atoms with Crippen LogP contribution in [0.15, 0.2) is 107 Å². The second-order valence-corrected chi connectivity index (χ2v) is 8.43. The molecular formula is C29H20N4O6. The minimum Gasteiger partial charge on any atom is -0.481 e. The highest BCUT2D eigenvalue weighted by Crippen LogP contribution is 2.31. The fourth-order valence-electron chi connectivity index (χ4n) is 4.02. The van der Waals surface area contributed by atoms with Gasteiger partial charge in [0.05, 0.1) is 27.6 Å². The van der Waals surface area contributed by atoms with Crippen LogP contribution in [0.5, 0.6) is 5.75 Å². The Bertz CT molecular complexity index is 1800. The van der Waals surface area contributed by atoms with E-state index in [4.69, 9.17) is 4.74 Å². The molecule has 1 heterocycles. The van der Waals surface area contributed by atoms with Crippen molar-refractivity contribution in [3.8, 4) is 17.1 Å². The first-order chi connectivity index (χ1) is 18.9. The highest BCUT2D eigenvalue weighted by atomic mass is 16.6. The molecule has 0 saturated heterocycles. The van der Waals surface area contributed by atoms with Crippen LogP contribution in [0.4, 0.5) is 5.69 Å². The van der Waals surface area contributed by atoms with Crippen LogP contribution < -0.4 is 10.3 Å². The Kier molecular flexibility index (Phi) is 6.91. The van der Waals surface area contributed by atoms with Gasteiger partial charge in [-0.15, -0.1) is 0 Å². The van der Waals surface area contributed by atoms with Gasteiger partial charge in [0.2, 0.25) is 5.75 Å². The van der Waals surface area contributed by atoms with Gasteiger partial charge in [-0.1, -0.05) is 60.7 Å². The molecule has 0 unspecified atom stereocenters. The summed E-state index contributed by atoms with van der Waals surface area (Å²) < 4.78 is 6.97. The molecule has 0 atom stereocenters. The smallest absolute Gasteiger partial charge is 0.335 e. The van der Waals surface area contributed by atoms with Crippen LogP contribution in [-0.4, -0.2) is 31.9 Å². The highest BCUT2D eigenvalue weighted by molar-refractivity contribution is 5.88.